The summed E-state index contributed by atoms with van der Waals surface area (Å²) in [5, 5.41) is 57.7. The van der Waals surface area contributed by atoms with E-state index in [9.17, 15) is 49.2 Å². The van der Waals surface area contributed by atoms with E-state index in [-0.39, 0.29) is 94.3 Å². The van der Waals surface area contributed by atoms with Gasteiger partial charge < -0.3 is 119 Å². The molecule has 3 aromatic heterocycles. The largest absolute Gasteiger partial charge is 0.459 e. The summed E-state index contributed by atoms with van der Waals surface area (Å²) in [5.41, 5.74) is 25.2. The number of ether oxygens (including phenoxy) is 13. The van der Waals surface area contributed by atoms with Gasteiger partial charge in [-0.1, -0.05) is 88.4 Å². The van der Waals surface area contributed by atoms with Gasteiger partial charge in [0.1, 0.15) is 53.8 Å². The first-order valence-electron chi connectivity index (χ1n) is 43.3. The normalized spacial score (nSPS) is 26.7. The maximum absolute atomic E-state index is 14.7. The Kier molecular flexibility index (Phi) is 41.0. The van der Waals surface area contributed by atoms with Crippen molar-refractivity contribution in [2.24, 2.45) is 35.3 Å². The Hall–Kier alpha value is -8.60. The van der Waals surface area contributed by atoms with E-state index in [1.54, 1.807) is 51.6 Å². The molecule has 16 atom stereocenters. The first kappa shape index (κ1) is 99.2. The van der Waals surface area contributed by atoms with Gasteiger partial charge in [-0.3, -0.25) is 19.2 Å². The van der Waals surface area contributed by atoms with Crippen LogP contribution in [0.5, 0.6) is 0 Å². The van der Waals surface area contributed by atoms with Gasteiger partial charge in [0.2, 0.25) is 11.7 Å². The molecule has 1 aliphatic carbocycles. The molecule has 3 fully saturated rings. The summed E-state index contributed by atoms with van der Waals surface area (Å²) in [6, 6.07) is 11.3. The number of cyclic esters (lactones) is 1. The number of fused-ring (bicyclic) bond motifs is 5. The zero-order valence-electron chi connectivity index (χ0n) is 72.9. The molecule has 1 saturated carbocycles. The van der Waals surface area contributed by atoms with Crippen molar-refractivity contribution in [3.63, 3.8) is 0 Å². The molecule has 6 heterocycles. The number of allylic oxidation sites excluding steroid dienone is 5. The number of nitrogens with zero attached hydrogens (tertiary/aromatic N) is 6. The van der Waals surface area contributed by atoms with Gasteiger partial charge in [0, 0.05) is 82.5 Å². The average molecular weight is 1740 g/mol. The van der Waals surface area contributed by atoms with E-state index in [2.05, 4.69) is 25.6 Å². The molecule has 35 heteroatoms. The molecule has 4 aliphatic rings. The Labute approximate surface area is 725 Å². The molecule has 0 unspecified atom stereocenters. The van der Waals surface area contributed by atoms with Crippen molar-refractivity contribution in [1.82, 2.24) is 40.3 Å². The summed E-state index contributed by atoms with van der Waals surface area (Å²) in [7, 11) is 3.07. The topological polar surface area (TPSA) is 478 Å². The number of ketones is 2. The number of hydrogen-bond acceptors (Lipinski definition) is 31. The van der Waals surface area contributed by atoms with Gasteiger partial charge in [0.15, 0.2) is 17.0 Å². The van der Waals surface area contributed by atoms with Crippen LogP contribution >= 0.6 is 0 Å². The van der Waals surface area contributed by atoms with Gasteiger partial charge in [0.25, 0.3) is 17.7 Å². The third kappa shape index (κ3) is 30.3. The minimum Gasteiger partial charge on any atom is -0.459 e. The van der Waals surface area contributed by atoms with Gasteiger partial charge in [-0.25, -0.2) is 24.2 Å². The number of hydrogen-bond donors (Lipinski definition) is 9. The van der Waals surface area contributed by atoms with Crippen molar-refractivity contribution < 1.29 is 115 Å². The van der Waals surface area contributed by atoms with Gasteiger partial charge in [-0.15, -0.1) is 0 Å². The van der Waals surface area contributed by atoms with Crippen LogP contribution in [0.3, 0.4) is 0 Å². The number of aliphatic hydroxyl groups excluding tert-OH is 3. The minimum absolute atomic E-state index is 0.0146. The number of nitrogen functional groups attached to an aromatic ring is 2. The molecule has 3 aliphatic heterocycles. The highest BCUT2D eigenvalue weighted by Gasteiger charge is 2.53. The van der Waals surface area contributed by atoms with Crippen molar-refractivity contribution in [1.29, 1.82) is 0 Å². The first-order valence-corrected chi connectivity index (χ1v) is 43.3. The van der Waals surface area contributed by atoms with E-state index in [1.165, 1.54) is 13.4 Å². The van der Waals surface area contributed by atoms with Crippen LogP contribution in [0.25, 0.3) is 33.4 Å². The number of rotatable bonds is 38. The lowest BCUT2D eigenvalue weighted by atomic mass is 9.80. The number of oxazole rings is 1. The number of nitrogens with one attached hydrogen (secondary N) is 2. The quantitative estimate of drug-likeness (QED) is 0.00854. The molecule has 5 aromatic rings. The van der Waals surface area contributed by atoms with Gasteiger partial charge in [-0.2, -0.15) is 10.1 Å². The number of piperidine rings is 1. The van der Waals surface area contributed by atoms with Crippen LogP contribution in [0.2, 0.25) is 0 Å². The molecule has 2 saturated heterocycles. The van der Waals surface area contributed by atoms with Crippen LogP contribution in [-0.4, -0.2) is 285 Å². The van der Waals surface area contributed by atoms with Crippen LogP contribution in [0, 0.1) is 29.6 Å². The van der Waals surface area contributed by atoms with Crippen LogP contribution in [0.4, 0.5) is 16.6 Å². The standard InChI is InChI=1S/C89H131N11O24/c1-56-14-10-9-11-15-57(2)73(111-7)51-66-24-17-61(6)89(110,124-66)82(106)85(107)99-29-13-12-16-69(99)86(108)121-74(52-70(101)58(3)47-60(5)80(104)81(105)79(103)59(4)46-56)67(90)48-64-22-25-72(75(49-64)112-8)123-88(109)93-28-31-114-33-35-116-37-39-118-41-43-120-45-44-119-42-40-117-38-36-115-34-32-113-30-27-76(102)94-53-62-18-20-63(21-19-62)54-100-84-77(83(91)95-55-96-84)78(98-100)65-23-26-71-68(50-65)97-87(92)122-71/h9-11,14-15,18-21,23,26,47,50,55-56,58-59,61,64,66-67,69-70,72-75,80-81,101,104-105,110H,12-13,16-17,22,24-25,27-46,48-49,51-54,90H2,1-8H3,(H2,92,97)(H,93,109)(H,94,102)(H2,91,95,96)/b11-9?,14-10+,57-15?,60-47+/t56-,58-,59-,61-,64+,66+,67-,69+,70-,72-,73+,74+,75-,80-,81+,89-/m1/s1. The second-order valence-corrected chi connectivity index (χ2v) is 32.5. The van der Waals surface area contributed by atoms with E-state index in [1.807, 2.05) is 80.6 Å². The van der Waals surface area contributed by atoms with Crippen molar-refractivity contribution in [3.05, 3.63) is 108 Å². The number of carbonyl (C=O) groups is 6. The lowest BCUT2D eigenvalue weighted by Crippen LogP contribution is -2.61. The number of aromatic nitrogens is 5. The molecule has 35 nitrogen and oxygen atoms in total. The first-order chi connectivity index (χ1) is 59.7. The Morgan fingerprint density at radius 2 is 1.33 bits per heavy atom. The van der Waals surface area contributed by atoms with Crippen molar-refractivity contribution in [2.45, 2.75) is 205 Å². The summed E-state index contributed by atoms with van der Waals surface area (Å²) in [5.74, 6) is -8.32. The van der Waals surface area contributed by atoms with E-state index in [0.717, 1.165) is 27.2 Å². The zero-order chi connectivity index (χ0) is 89.1. The third-order valence-corrected chi connectivity index (χ3v) is 23.1. The molecule has 3 amide bonds. The zero-order valence-corrected chi connectivity index (χ0v) is 72.9. The molecule has 0 radical (unpaired) electrons. The smallest absolute Gasteiger partial charge is 0.407 e. The van der Waals surface area contributed by atoms with E-state index < -0.39 is 114 Å². The van der Waals surface area contributed by atoms with Crippen LogP contribution in [0.15, 0.2) is 101 Å². The Morgan fingerprint density at radius 1 is 0.685 bits per heavy atom. The molecular formula is C89H131N11O24. The molecule has 0 spiro atoms. The van der Waals surface area contributed by atoms with Crippen molar-refractivity contribution >= 4 is 69.4 Å². The predicted octanol–water partition coefficient (Wildman–Crippen LogP) is 6.74. The van der Waals surface area contributed by atoms with Gasteiger partial charge in [0.05, 0.1) is 142 Å². The van der Waals surface area contributed by atoms with E-state index in [0.29, 0.717) is 184 Å². The van der Waals surface area contributed by atoms with Gasteiger partial charge in [-0.05, 0) is 130 Å². The minimum atomic E-state index is -2.50. The highest BCUT2D eigenvalue weighted by molar-refractivity contribution is 6.39. The summed E-state index contributed by atoms with van der Waals surface area (Å²) >= 11 is 0. The second kappa shape index (κ2) is 51.3. The molecule has 2 bridgehead atoms. The number of Topliss-reactive ketones (excluding diaryl/α,β-unsaturated/α-hetero) is 2. The number of methoxy groups -OCH3 is 2. The van der Waals surface area contributed by atoms with E-state index >= 15 is 0 Å². The van der Waals surface area contributed by atoms with Gasteiger partial charge >= 0.3 is 12.1 Å². The Balaban J connectivity index is 0.591. The van der Waals surface area contributed by atoms with Crippen molar-refractivity contribution in [3.8, 4) is 11.3 Å². The number of alkyl carbamates (subject to hydrolysis) is 1. The number of amides is 3. The number of carbonyl (C=O) groups excluding carboxylic acids is 6. The second-order valence-electron chi connectivity index (χ2n) is 32.5. The highest BCUT2D eigenvalue weighted by atomic mass is 16.6. The van der Waals surface area contributed by atoms with Crippen LogP contribution in [0.1, 0.15) is 136 Å². The molecule has 686 valence electrons. The highest BCUT2D eigenvalue weighted by Crippen LogP contribution is 2.39. The number of nitrogens with two attached hydrogens (primary N) is 3. The predicted molar refractivity (Wildman–Crippen MR) is 458 cm³/mol. The third-order valence-electron chi connectivity index (χ3n) is 23.1. The average Bonchev–Trinajstić information content (AvgIpc) is 1.19. The Morgan fingerprint density at radius 3 is 1.98 bits per heavy atom. The fourth-order valence-electron chi connectivity index (χ4n) is 15.8. The van der Waals surface area contributed by atoms with Crippen molar-refractivity contribution in [2.75, 3.05) is 144 Å². The van der Waals surface area contributed by atoms with Crippen LogP contribution < -0.4 is 27.8 Å². The number of esters is 1. The molecule has 2 aromatic carbocycles. The lowest BCUT2D eigenvalue weighted by molar-refractivity contribution is -0.265. The van der Waals surface area contributed by atoms with E-state index in [4.69, 9.17) is 88.3 Å². The molecular weight excluding hydrogens is 1610 g/mol. The Bertz CT molecular complexity index is 4290. The molecule has 12 N–H and O–H groups in total. The molecule has 124 heavy (non-hydrogen) atoms. The fraction of sp³-hybridized carbons (Fsp3) is 0.640. The monoisotopic (exact) mass is 1740 g/mol. The summed E-state index contributed by atoms with van der Waals surface area (Å²) in [6.07, 6.45) is 7.87. The maximum atomic E-state index is 14.7. The summed E-state index contributed by atoms with van der Waals surface area (Å²) in [6.45, 7) is 17.0. The SMILES string of the molecule is CO[C@H]1C[C@@H]2CC[C@@H](C)[C@@](O)(O2)C(=O)C(=O)N2CCCC[C@H]2C(=O)O[C@H]([C@H](N)C[C@@H]2CC[C@@H](OC(=O)NCCOCCOCCOCCOCCOCCOCCOCCOCCC(=O)NCc3ccc(Cn4nc(-c5ccc6oc(N)nc6c5)c5c(N)ncnc54)cc3)[C@H](OC)C2)C[C@@H](O)[C@H](C)/C=C(\C)[C@@H](O)[C@@H](O)C(=O)[C@H](C)C[C@H](C)/C=C/C=CC=C1C. The summed E-state index contributed by atoms with van der Waals surface area (Å²) < 4.78 is 82.0. The molecule has 9 rings (SSSR count). The summed E-state index contributed by atoms with van der Waals surface area (Å²) in [4.78, 5) is 96.8. The van der Waals surface area contributed by atoms with Crippen LogP contribution in [-0.2, 0) is 98.6 Å². The lowest BCUT2D eigenvalue weighted by Gasteiger charge is -2.42. The number of anilines is 2. The number of aliphatic hydroxyl groups is 4. The number of benzene rings is 2. The fourth-order valence-corrected chi connectivity index (χ4v) is 15.8. The maximum Gasteiger partial charge on any atom is 0.407 e.